The van der Waals surface area contributed by atoms with Crippen molar-refractivity contribution in [3.05, 3.63) is 159 Å². The zero-order chi connectivity index (χ0) is 60.0. The Morgan fingerprint density at radius 3 is 2.38 bits per heavy atom. The topological polar surface area (TPSA) is 261 Å². The third-order valence-corrected chi connectivity index (χ3v) is 15.2. The number of fused-ring (bicyclic) bond motifs is 3. The van der Waals surface area contributed by atoms with Crippen molar-refractivity contribution in [1.29, 1.82) is 0 Å². The van der Waals surface area contributed by atoms with Gasteiger partial charge in [0, 0.05) is 78.3 Å². The van der Waals surface area contributed by atoms with Crippen molar-refractivity contribution in [2.24, 2.45) is 10.4 Å². The summed E-state index contributed by atoms with van der Waals surface area (Å²) in [5.74, 6) is -2.83. The van der Waals surface area contributed by atoms with Crippen LogP contribution in [0.3, 0.4) is 0 Å². The minimum absolute atomic E-state index is 0. The number of aryl methyl sites for hydroxylation is 1. The molecule has 0 radical (unpaired) electrons. The molecule has 1 fully saturated rings. The van der Waals surface area contributed by atoms with Crippen LogP contribution in [0.25, 0.3) is 21.7 Å². The van der Waals surface area contributed by atoms with Crippen LogP contribution in [0.5, 0.6) is 0 Å². The molecule has 21 nitrogen and oxygen atoms in total. The molecule has 4 aromatic carbocycles. The first-order valence-electron chi connectivity index (χ1n) is 27.7. The summed E-state index contributed by atoms with van der Waals surface area (Å²) < 4.78 is 48.6. The van der Waals surface area contributed by atoms with Gasteiger partial charge in [-0.15, -0.1) is 28.8 Å². The van der Waals surface area contributed by atoms with Crippen molar-refractivity contribution in [2.45, 2.75) is 78.5 Å². The van der Waals surface area contributed by atoms with E-state index in [1.54, 1.807) is 76.4 Å². The Balaban J connectivity index is 0.00000961. The number of halogens is 4. The molecule has 0 bridgehead atoms. The number of thiazole rings is 1. The number of amides is 4. The van der Waals surface area contributed by atoms with Crippen LogP contribution in [0.4, 0.5) is 20.4 Å². The van der Waals surface area contributed by atoms with Crippen molar-refractivity contribution in [2.75, 3.05) is 64.5 Å². The van der Waals surface area contributed by atoms with E-state index >= 15 is 0 Å². The number of benzene rings is 4. The van der Waals surface area contributed by atoms with Gasteiger partial charge in [-0.2, -0.15) is 0 Å². The molecular formula is C60H67Cl2F2N13O8S. The second-order valence-electron chi connectivity index (χ2n) is 21.4. The van der Waals surface area contributed by atoms with Gasteiger partial charge < -0.3 is 50.8 Å². The van der Waals surface area contributed by atoms with Crippen LogP contribution in [0.15, 0.2) is 108 Å². The maximum atomic E-state index is 15.0. The van der Waals surface area contributed by atoms with Gasteiger partial charge in [0.2, 0.25) is 23.7 Å². The van der Waals surface area contributed by atoms with Crippen molar-refractivity contribution in [3.63, 3.8) is 0 Å². The highest BCUT2D eigenvalue weighted by molar-refractivity contribution is 7.13. The van der Waals surface area contributed by atoms with Gasteiger partial charge in [0.25, 0.3) is 5.91 Å². The summed E-state index contributed by atoms with van der Waals surface area (Å²) in [6.45, 7) is 10.6. The van der Waals surface area contributed by atoms with Crippen molar-refractivity contribution < 1.29 is 47.3 Å². The van der Waals surface area contributed by atoms with Crippen LogP contribution in [0.2, 0.25) is 5.02 Å². The minimum Gasteiger partial charge on any atom is -0.391 e. The number of β-amino-alcohol motifs (C(OH)–C–C–N with tert-alkyl or cyclic N) is 1. The van der Waals surface area contributed by atoms with Crippen LogP contribution in [-0.4, -0.2) is 147 Å². The zero-order valence-corrected chi connectivity index (χ0v) is 50.2. The van der Waals surface area contributed by atoms with Crippen molar-refractivity contribution in [1.82, 2.24) is 56.1 Å². The number of nitrogens with one attached hydrogen (secondary N) is 5. The number of ether oxygens (including phenoxy) is 3. The van der Waals surface area contributed by atoms with Gasteiger partial charge in [0.05, 0.1) is 91.5 Å². The number of aromatic nitrogens is 6. The van der Waals surface area contributed by atoms with E-state index in [4.69, 9.17) is 30.8 Å². The lowest BCUT2D eigenvalue weighted by molar-refractivity contribution is -0.144. The standard InChI is InChI=1S/C60H66ClF2N13O8S.ClH/c1-36-54(85-35-69-36)38-10-8-37(9-11-38)28-67-57(80)49-27-44(77)32-76(49)58(81)55(60(2,3)4)71-50(78)34-83-22-19-64-18-21-75-31-43(73-74-75)33-84-25-24-82-23-20-65-56(79)39-12-15-42(16-13-39)70-59-68-30-40-29-66-53(51-47(62)6-5-7-48(51)63)46-26-41(61)14-17-45(46)52(40)72-59;/h5-17,26,30-31,35,44,49,55,64,77H,18-25,27-29,32-34H2,1-4H3,(H,65,79)(H,67,80)(H,71,78)(H,68,70,72);1H/t44-,49+,55-;/m1./s1. The molecular weight excluding hydrogens is 1170 g/mol. The minimum atomic E-state index is -0.978. The number of carbonyl (C=O) groups excluding carboxylic acids is 4. The van der Waals surface area contributed by atoms with E-state index in [0.29, 0.717) is 77.2 Å². The van der Waals surface area contributed by atoms with Crippen LogP contribution in [0, 0.1) is 24.0 Å². The molecule has 26 heteroatoms. The summed E-state index contributed by atoms with van der Waals surface area (Å²) in [4.78, 5) is 74.0. The fourth-order valence-electron chi connectivity index (χ4n) is 9.62. The molecule has 1 saturated heterocycles. The number of aliphatic hydroxyl groups excluding tert-OH is 1. The van der Waals surface area contributed by atoms with E-state index in [1.807, 2.05) is 52.0 Å². The first-order valence-corrected chi connectivity index (χ1v) is 28.9. The molecule has 2 aliphatic rings. The molecule has 0 spiro atoms. The molecule has 6 N–H and O–H groups in total. The second kappa shape index (κ2) is 30.1. The maximum Gasteiger partial charge on any atom is 0.251 e. The predicted octanol–water partition coefficient (Wildman–Crippen LogP) is 6.99. The third-order valence-electron chi connectivity index (χ3n) is 14.0. The Morgan fingerprint density at radius 2 is 1.64 bits per heavy atom. The van der Waals surface area contributed by atoms with Crippen molar-refractivity contribution >= 4 is 76.3 Å². The summed E-state index contributed by atoms with van der Waals surface area (Å²) in [5.41, 5.74) is 7.75. The Bertz CT molecular complexity index is 3490. The molecule has 7 aromatic rings. The van der Waals surface area contributed by atoms with Gasteiger partial charge in [-0.05, 0) is 72.0 Å². The molecule has 4 amide bonds. The highest BCUT2D eigenvalue weighted by Gasteiger charge is 2.44. The number of aliphatic imine (C=N–C) groups is 1. The molecule has 9 rings (SSSR count). The van der Waals surface area contributed by atoms with Crippen LogP contribution in [0.1, 0.15) is 71.2 Å². The molecule has 0 saturated carbocycles. The van der Waals surface area contributed by atoms with E-state index in [9.17, 15) is 33.1 Å². The van der Waals surface area contributed by atoms with Gasteiger partial charge in [0.15, 0.2) is 0 Å². The smallest absolute Gasteiger partial charge is 0.251 e. The summed E-state index contributed by atoms with van der Waals surface area (Å²) in [6.07, 6.45) is 2.59. The highest BCUT2D eigenvalue weighted by Crippen LogP contribution is 2.35. The zero-order valence-electron chi connectivity index (χ0n) is 47.8. The maximum absolute atomic E-state index is 15.0. The Kier molecular flexibility index (Phi) is 22.5. The van der Waals surface area contributed by atoms with Crippen LogP contribution >= 0.6 is 35.3 Å². The van der Waals surface area contributed by atoms with Gasteiger partial charge in [-0.25, -0.2) is 23.7 Å². The molecule has 2 aliphatic heterocycles. The lowest BCUT2D eigenvalue weighted by atomic mass is 9.85. The number of anilines is 2. The Hall–Kier alpha value is -7.68. The summed E-state index contributed by atoms with van der Waals surface area (Å²) >= 11 is 7.92. The first-order chi connectivity index (χ1) is 41.0. The van der Waals surface area contributed by atoms with E-state index in [2.05, 4.69) is 51.9 Å². The molecule has 86 heavy (non-hydrogen) atoms. The fraction of sp³-hybridized carbons (Fsp3) is 0.367. The molecule has 454 valence electrons. The lowest BCUT2D eigenvalue weighted by Crippen LogP contribution is -2.58. The average Bonchev–Trinajstić information content (AvgIpc) is 1.80. The monoisotopic (exact) mass is 1240 g/mol. The fourth-order valence-corrected chi connectivity index (χ4v) is 10.6. The van der Waals surface area contributed by atoms with E-state index in [-0.39, 0.29) is 100 Å². The van der Waals surface area contributed by atoms with Gasteiger partial charge in [0.1, 0.15) is 36.0 Å². The number of rotatable bonds is 26. The second-order valence-corrected chi connectivity index (χ2v) is 22.7. The highest BCUT2D eigenvalue weighted by atomic mass is 35.5. The third kappa shape index (κ3) is 16.8. The van der Waals surface area contributed by atoms with E-state index in [1.165, 1.54) is 23.1 Å². The number of hydrogen-bond acceptors (Lipinski definition) is 17. The van der Waals surface area contributed by atoms with Crippen LogP contribution < -0.4 is 26.6 Å². The van der Waals surface area contributed by atoms with Gasteiger partial charge in [-0.1, -0.05) is 74.0 Å². The first kappa shape index (κ1) is 64.3. The molecule has 0 aliphatic carbocycles. The summed E-state index contributed by atoms with van der Waals surface area (Å²) in [7, 11) is 0. The Morgan fingerprint density at radius 1 is 0.884 bits per heavy atom. The molecule has 3 aromatic heterocycles. The largest absolute Gasteiger partial charge is 0.391 e. The SMILES string of the molecule is Cc1ncsc1-c1ccc(CNC(=O)[C@@H]2C[C@@H](O)CN2C(=O)[C@@H](NC(=O)COCCNCCn2cc(COCCOCCNC(=O)c3ccc(Nc4ncc5c(n4)-c4ccc(Cl)cc4C(c4c(F)cccc4F)=NC5)cc3)nn2)C(C)(C)C)cc1.Cl. The van der Waals surface area contributed by atoms with E-state index in [0.717, 1.165) is 21.7 Å². The van der Waals surface area contributed by atoms with E-state index < -0.39 is 47.1 Å². The molecule has 0 unspecified atom stereocenters. The number of aliphatic hydroxyl groups is 1. The lowest BCUT2D eigenvalue weighted by Gasteiger charge is -2.35. The van der Waals surface area contributed by atoms with Crippen LogP contribution in [-0.2, 0) is 54.8 Å². The van der Waals surface area contributed by atoms with Gasteiger partial charge >= 0.3 is 0 Å². The number of hydrogen-bond donors (Lipinski definition) is 6. The quantitative estimate of drug-likeness (QED) is 0.0299. The molecule has 3 atom stereocenters. The molecule has 5 heterocycles. The summed E-state index contributed by atoms with van der Waals surface area (Å²) in [6, 6.07) is 21.4. The van der Waals surface area contributed by atoms with Gasteiger partial charge in [-0.3, -0.25) is 28.9 Å². The Labute approximate surface area is 511 Å². The average molecular weight is 1240 g/mol. The number of carbonyl (C=O) groups is 4. The normalized spacial score (nSPS) is 14.9. The number of nitrogens with zero attached hydrogens (tertiary/aromatic N) is 8. The number of likely N-dealkylation sites (tertiary alicyclic amines) is 1. The van der Waals surface area contributed by atoms with Crippen molar-refractivity contribution in [3.8, 4) is 21.7 Å². The summed E-state index contributed by atoms with van der Waals surface area (Å²) in [5, 5.41) is 34.2. The predicted molar refractivity (Wildman–Crippen MR) is 323 cm³/mol.